The predicted octanol–water partition coefficient (Wildman–Crippen LogP) is 2.29. The van der Waals surface area contributed by atoms with Gasteiger partial charge in [0, 0.05) is 0 Å². The summed E-state index contributed by atoms with van der Waals surface area (Å²) < 4.78 is 11.1. The highest BCUT2D eigenvalue weighted by Gasteiger charge is 2.26. The standard InChI is InChI=1S/C17H16N2O3/c1-12-6-8-13(9-7-12)10-18-19-17(20)16-11-21-14-4-2-3-5-15(14)22-16/h2-10,16H,11H2,1H3,(H,19,20). The molecule has 1 aliphatic heterocycles. The zero-order valence-electron chi connectivity index (χ0n) is 12.2. The summed E-state index contributed by atoms with van der Waals surface area (Å²) in [4.78, 5) is 12.0. The van der Waals surface area contributed by atoms with Crippen LogP contribution in [0.2, 0.25) is 0 Å². The molecule has 2 aromatic rings. The van der Waals surface area contributed by atoms with Crippen LogP contribution in [0.1, 0.15) is 11.1 Å². The second-order valence-corrected chi connectivity index (χ2v) is 5.01. The minimum absolute atomic E-state index is 0.170. The molecule has 1 aliphatic rings. The van der Waals surface area contributed by atoms with E-state index in [9.17, 15) is 4.79 Å². The SMILES string of the molecule is Cc1ccc(C=NNC(=O)C2COc3ccccc3O2)cc1. The fourth-order valence-corrected chi connectivity index (χ4v) is 2.04. The van der Waals surface area contributed by atoms with Gasteiger partial charge in [0.2, 0.25) is 6.10 Å². The van der Waals surface area contributed by atoms with Gasteiger partial charge in [0.25, 0.3) is 5.91 Å². The molecule has 1 amide bonds. The molecule has 1 atom stereocenters. The van der Waals surface area contributed by atoms with E-state index in [1.54, 1.807) is 18.3 Å². The molecule has 1 N–H and O–H groups in total. The Hall–Kier alpha value is -2.82. The van der Waals surface area contributed by atoms with E-state index in [1.807, 2.05) is 43.3 Å². The van der Waals surface area contributed by atoms with E-state index in [0.29, 0.717) is 11.5 Å². The third-order valence-corrected chi connectivity index (χ3v) is 3.27. The second kappa shape index (κ2) is 6.30. The van der Waals surface area contributed by atoms with E-state index in [1.165, 1.54) is 5.56 Å². The Morgan fingerprint density at radius 2 is 1.91 bits per heavy atom. The molecule has 0 saturated heterocycles. The van der Waals surface area contributed by atoms with Crippen molar-refractivity contribution in [1.82, 2.24) is 5.43 Å². The summed E-state index contributed by atoms with van der Waals surface area (Å²) >= 11 is 0. The van der Waals surface area contributed by atoms with Crippen LogP contribution in [0.15, 0.2) is 53.6 Å². The molecule has 1 unspecified atom stereocenters. The molecule has 0 saturated carbocycles. The van der Waals surface area contributed by atoms with Crippen LogP contribution in [-0.4, -0.2) is 24.8 Å². The Balaban J connectivity index is 1.58. The van der Waals surface area contributed by atoms with Gasteiger partial charge in [-0.25, -0.2) is 5.43 Å². The molecule has 0 spiro atoms. The van der Waals surface area contributed by atoms with Crippen molar-refractivity contribution in [2.75, 3.05) is 6.61 Å². The van der Waals surface area contributed by atoms with E-state index < -0.39 is 6.10 Å². The van der Waals surface area contributed by atoms with Crippen molar-refractivity contribution in [3.8, 4) is 11.5 Å². The summed E-state index contributed by atoms with van der Waals surface area (Å²) in [7, 11) is 0. The van der Waals surface area contributed by atoms with E-state index in [4.69, 9.17) is 9.47 Å². The Kier molecular flexibility index (Phi) is 4.05. The first kappa shape index (κ1) is 14.1. The van der Waals surface area contributed by atoms with Gasteiger partial charge < -0.3 is 9.47 Å². The summed E-state index contributed by atoms with van der Waals surface area (Å²) in [5.74, 6) is 0.879. The number of fused-ring (bicyclic) bond motifs is 1. The number of rotatable bonds is 3. The van der Waals surface area contributed by atoms with E-state index in [0.717, 1.165) is 5.56 Å². The van der Waals surface area contributed by atoms with Gasteiger partial charge in [-0.2, -0.15) is 5.10 Å². The van der Waals surface area contributed by atoms with Crippen molar-refractivity contribution in [2.45, 2.75) is 13.0 Å². The lowest BCUT2D eigenvalue weighted by Crippen LogP contribution is -2.42. The Morgan fingerprint density at radius 1 is 1.18 bits per heavy atom. The van der Waals surface area contributed by atoms with Gasteiger partial charge in [-0.15, -0.1) is 0 Å². The molecule has 5 heteroatoms. The van der Waals surface area contributed by atoms with Crippen LogP contribution in [0.25, 0.3) is 0 Å². The van der Waals surface area contributed by atoms with Crippen molar-refractivity contribution < 1.29 is 14.3 Å². The number of hydrogen-bond donors (Lipinski definition) is 1. The van der Waals surface area contributed by atoms with Crippen LogP contribution in [0.4, 0.5) is 0 Å². The van der Waals surface area contributed by atoms with Gasteiger partial charge in [-0.3, -0.25) is 4.79 Å². The molecule has 3 rings (SSSR count). The largest absolute Gasteiger partial charge is 0.485 e. The first-order chi connectivity index (χ1) is 10.7. The average Bonchev–Trinajstić information content (AvgIpc) is 2.56. The average molecular weight is 296 g/mol. The fraction of sp³-hybridized carbons (Fsp3) is 0.176. The van der Waals surface area contributed by atoms with Crippen molar-refractivity contribution in [2.24, 2.45) is 5.10 Å². The van der Waals surface area contributed by atoms with Gasteiger partial charge >= 0.3 is 0 Å². The zero-order valence-corrected chi connectivity index (χ0v) is 12.2. The van der Waals surface area contributed by atoms with Crippen LogP contribution >= 0.6 is 0 Å². The number of carbonyl (C=O) groups excluding carboxylic acids is 1. The predicted molar refractivity (Wildman–Crippen MR) is 83.3 cm³/mol. The second-order valence-electron chi connectivity index (χ2n) is 5.01. The topological polar surface area (TPSA) is 59.9 Å². The molecule has 0 aliphatic carbocycles. The van der Waals surface area contributed by atoms with Gasteiger partial charge in [0.1, 0.15) is 6.61 Å². The van der Waals surface area contributed by atoms with Crippen molar-refractivity contribution in [3.63, 3.8) is 0 Å². The molecule has 5 nitrogen and oxygen atoms in total. The fourth-order valence-electron chi connectivity index (χ4n) is 2.04. The van der Waals surface area contributed by atoms with Gasteiger partial charge in [0.15, 0.2) is 11.5 Å². The van der Waals surface area contributed by atoms with Crippen molar-refractivity contribution in [1.29, 1.82) is 0 Å². The van der Waals surface area contributed by atoms with Crippen molar-refractivity contribution in [3.05, 3.63) is 59.7 Å². The molecule has 0 aromatic heterocycles. The number of aryl methyl sites for hydroxylation is 1. The third-order valence-electron chi connectivity index (χ3n) is 3.27. The monoisotopic (exact) mass is 296 g/mol. The number of carbonyl (C=O) groups is 1. The molecule has 2 aromatic carbocycles. The number of hydrogen-bond acceptors (Lipinski definition) is 4. The minimum Gasteiger partial charge on any atom is -0.485 e. The molecule has 112 valence electrons. The molecular weight excluding hydrogens is 280 g/mol. The smallest absolute Gasteiger partial charge is 0.284 e. The maximum Gasteiger partial charge on any atom is 0.284 e. The Labute approximate surface area is 128 Å². The number of ether oxygens (including phenoxy) is 2. The van der Waals surface area contributed by atoms with Crippen LogP contribution in [-0.2, 0) is 4.79 Å². The highest BCUT2D eigenvalue weighted by molar-refractivity contribution is 5.84. The Morgan fingerprint density at radius 3 is 2.68 bits per heavy atom. The maximum absolute atomic E-state index is 12.0. The Bertz CT molecular complexity index is 695. The molecule has 22 heavy (non-hydrogen) atoms. The number of para-hydroxylation sites is 2. The number of benzene rings is 2. The highest BCUT2D eigenvalue weighted by Crippen LogP contribution is 2.30. The lowest BCUT2D eigenvalue weighted by atomic mass is 10.2. The summed E-state index contributed by atoms with van der Waals surface area (Å²) in [5.41, 5.74) is 4.56. The van der Waals surface area contributed by atoms with Gasteiger partial charge in [-0.05, 0) is 24.6 Å². The molecule has 0 radical (unpaired) electrons. The highest BCUT2D eigenvalue weighted by atomic mass is 16.6. The normalized spacial score (nSPS) is 16.5. The summed E-state index contributed by atoms with van der Waals surface area (Å²) in [5, 5.41) is 3.94. The molecule has 1 heterocycles. The lowest BCUT2D eigenvalue weighted by Gasteiger charge is -2.24. The van der Waals surface area contributed by atoms with E-state index >= 15 is 0 Å². The maximum atomic E-state index is 12.0. The van der Waals surface area contributed by atoms with Crippen LogP contribution in [0.5, 0.6) is 11.5 Å². The van der Waals surface area contributed by atoms with E-state index in [-0.39, 0.29) is 12.5 Å². The minimum atomic E-state index is -0.704. The number of amides is 1. The lowest BCUT2D eigenvalue weighted by molar-refractivity contribution is -0.130. The number of hydrazone groups is 1. The molecule has 0 bridgehead atoms. The molecule has 0 fully saturated rings. The zero-order chi connectivity index (χ0) is 15.4. The van der Waals surface area contributed by atoms with Gasteiger partial charge in [-0.1, -0.05) is 42.0 Å². The quantitative estimate of drug-likeness (QED) is 0.698. The molecular formula is C17H16N2O3. The van der Waals surface area contributed by atoms with Crippen LogP contribution < -0.4 is 14.9 Å². The van der Waals surface area contributed by atoms with E-state index in [2.05, 4.69) is 10.5 Å². The van der Waals surface area contributed by atoms with Crippen LogP contribution in [0, 0.1) is 6.92 Å². The first-order valence-corrected chi connectivity index (χ1v) is 7.00. The number of nitrogens with zero attached hydrogens (tertiary/aromatic N) is 1. The summed E-state index contributed by atoms with van der Waals surface area (Å²) in [6.07, 6.45) is 0.889. The summed E-state index contributed by atoms with van der Waals surface area (Å²) in [6.45, 7) is 2.18. The van der Waals surface area contributed by atoms with Crippen molar-refractivity contribution >= 4 is 12.1 Å². The van der Waals surface area contributed by atoms with Gasteiger partial charge in [0.05, 0.1) is 6.21 Å². The summed E-state index contributed by atoms with van der Waals surface area (Å²) in [6, 6.07) is 15.1. The van der Waals surface area contributed by atoms with Crippen LogP contribution in [0.3, 0.4) is 0 Å². The third kappa shape index (κ3) is 3.25. The first-order valence-electron chi connectivity index (χ1n) is 7.00. The number of nitrogens with one attached hydrogen (secondary N) is 1.